The van der Waals surface area contributed by atoms with Gasteiger partial charge in [0.15, 0.2) is 0 Å². The number of benzene rings is 3. The minimum atomic E-state index is 0.872. The minimum absolute atomic E-state index is 0.872. The van der Waals surface area contributed by atoms with Gasteiger partial charge in [-0.2, -0.15) is 0 Å². The zero-order chi connectivity index (χ0) is 18.4. The van der Waals surface area contributed by atoms with Crippen molar-refractivity contribution in [2.24, 2.45) is 0 Å². The maximum Gasteiger partial charge on any atom is 0.118 e. The molecule has 3 nitrogen and oxygen atoms in total. The molecule has 0 N–H and O–H groups in total. The Balaban J connectivity index is 1.83. The maximum atomic E-state index is 5.32. The molecule has 3 heteroatoms. The Labute approximate surface area is 159 Å². The Morgan fingerprint density at radius 3 is 2.56 bits per heavy atom. The highest BCUT2D eigenvalue weighted by atomic mass is 16.5. The van der Waals surface area contributed by atoms with Crippen molar-refractivity contribution < 1.29 is 4.74 Å². The van der Waals surface area contributed by atoms with Crippen LogP contribution in [0.1, 0.15) is 11.1 Å². The van der Waals surface area contributed by atoms with Crippen molar-refractivity contribution in [1.29, 1.82) is 0 Å². The van der Waals surface area contributed by atoms with Gasteiger partial charge in [0, 0.05) is 24.0 Å². The second kappa shape index (κ2) is 6.36. The summed E-state index contributed by atoms with van der Waals surface area (Å²) in [7, 11) is 3.89. The molecule has 0 unspecified atom stereocenters. The van der Waals surface area contributed by atoms with E-state index in [2.05, 4.69) is 60.5 Å². The topological polar surface area (TPSA) is 25.4 Å². The SMILES string of the molecule is COc1ccc(-c2nc3ccc4ccccc4c3c3c2CN(C)CC3)cc1. The highest BCUT2D eigenvalue weighted by Crippen LogP contribution is 2.37. The first-order chi connectivity index (χ1) is 13.2. The van der Waals surface area contributed by atoms with Crippen LogP contribution in [0.4, 0.5) is 0 Å². The molecule has 0 fully saturated rings. The molecule has 0 bridgehead atoms. The van der Waals surface area contributed by atoms with Gasteiger partial charge in [0.05, 0.1) is 18.3 Å². The second-order valence-corrected chi connectivity index (χ2v) is 7.31. The third-order valence-electron chi connectivity index (χ3n) is 5.63. The lowest BCUT2D eigenvalue weighted by molar-refractivity contribution is 0.314. The van der Waals surface area contributed by atoms with Crippen molar-refractivity contribution in [3.63, 3.8) is 0 Å². The van der Waals surface area contributed by atoms with Crippen LogP contribution < -0.4 is 4.74 Å². The summed E-state index contributed by atoms with van der Waals surface area (Å²) < 4.78 is 5.32. The van der Waals surface area contributed by atoms with E-state index >= 15 is 0 Å². The van der Waals surface area contributed by atoms with E-state index in [-0.39, 0.29) is 0 Å². The highest BCUT2D eigenvalue weighted by Gasteiger charge is 2.22. The fourth-order valence-electron chi connectivity index (χ4n) is 4.24. The Kier molecular flexibility index (Phi) is 3.83. The van der Waals surface area contributed by atoms with E-state index in [9.17, 15) is 0 Å². The standard InChI is InChI=1S/C24H22N2O/c1-26-14-13-20-21(15-26)24(17-7-10-18(27-2)11-8-17)25-22-12-9-16-5-3-4-6-19(16)23(20)22/h3-12H,13-15H2,1-2H3. The molecule has 0 atom stereocenters. The van der Waals surface area contributed by atoms with Gasteiger partial charge in [-0.15, -0.1) is 0 Å². The Hall–Kier alpha value is -2.91. The summed E-state index contributed by atoms with van der Waals surface area (Å²) in [5.41, 5.74) is 6.15. The average Bonchev–Trinajstić information content (AvgIpc) is 2.72. The smallest absolute Gasteiger partial charge is 0.118 e. The van der Waals surface area contributed by atoms with Crippen LogP contribution in [0.15, 0.2) is 60.7 Å². The molecule has 0 saturated heterocycles. The number of rotatable bonds is 2. The Morgan fingerprint density at radius 1 is 0.926 bits per heavy atom. The van der Waals surface area contributed by atoms with Crippen molar-refractivity contribution in [3.05, 3.63) is 71.8 Å². The molecule has 0 radical (unpaired) electrons. The maximum absolute atomic E-state index is 5.32. The third-order valence-corrected chi connectivity index (χ3v) is 5.63. The molecular formula is C24H22N2O. The summed E-state index contributed by atoms with van der Waals surface area (Å²) in [4.78, 5) is 7.51. The van der Waals surface area contributed by atoms with Gasteiger partial charge in [-0.25, -0.2) is 4.98 Å². The number of aromatic nitrogens is 1. The van der Waals surface area contributed by atoms with E-state index in [0.29, 0.717) is 0 Å². The fourth-order valence-corrected chi connectivity index (χ4v) is 4.24. The summed E-state index contributed by atoms with van der Waals surface area (Å²) in [6.07, 6.45) is 1.06. The number of fused-ring (bicyclic) bond motifs is 5. The molecule has 1 aromatic heterocycles. The van der Waals surface area contributed by atoms with E-state index in [4.69, 9.17) is 9.72 Å². The summed E-state index contributed by atoms with van der Waals surface area (Å²) >= 11 is 0. The summed E-state index contributed by atoms with van der Waals surface area (Å²) in [5.74, 6) is 0.872. The lowest BCUT2D eigenvalue weighted by atomic mass is 9.89. The fraction of sp³-hybridized carbons (Fsp3) is 0.208. The molecule has 27 heavy (non-hydrogen) atoms. The molecule has 0 aliphatic carbocycles. The van der Waals surface area contributed by atoms with Gasteiger partial charge in [-0.05, 0) is 65.7 Å². The Bertz CT molecular complexity index is 1150. The molecule has 0 saturated carbocycles. The van der Waals surface area contributed by atoms with Crippen molar-refractivity contribution in [2.75, 3.05) is 20.7 Å². The van der Waals surface area contributed by atoms with Crippen LogP contribution in [0.5, 0.6) is 5.75 Å². The van der Waals surface area contributed by atoms with Crippen LogP contribution in [0.25, 0.3) is 32.9 Å². The van der Waals surface area contributed by atoms with E-state index < -0.39 is 0 Å². The molecular weight excluding hydrogens is 332 g/mol. The zero-order valence-electron chi connectivity index (χ0n) is 15.7. The number of likely N-dealkylation sites (N-methyl/N-ethyl adjacent to an activating group) is 1. The minimum Gasteiger partial charge on any atom is -0.497 e. The Morgan fingerprint density at radius 2 is 1.74 bits per heavy atom. The van der Waals surface area contributed by atoms with Gasteiger partial charge < -0.3 is 9.64 Å². The van der Waals surface area contributed by atoms with Crippen LogP contribution in [-0.4, -0.2) is 30.6 Å². The second-order valence-electron chi connectivity index (χ2n) is 7.31. The number of hydrogen-bond donors (Lipinski definition) is 0. The first-order valence-corrected chi connectivity index (χ1v) is 9.41. The van der Waals surface area contributed by atoms with Gasteiger partial charge >= 0.3 is 0 Å². The number of pyridine rings is 1. The van der Waals surface area contributed by atoms with Crippen molar-refractivity contribution in [1.82, 2.24) is 9.88 Å². The molecule has 1 aliphatic heterocycles. The number of methoxy groups -OCH3 is 1. The van der Waals surface area contributed by atoms with Crippen molar-refractivity contribution in [2.45, 2.75) is 13.0 Å². The lowest BCUT2D eigenvalue weighted by Crippen LogP contribution is -2.27. The third kappa shape index (κ3) is 2.66. The van der Waals surface area contributed by atoms with Crippen molar-refractivity contribution >= 4 is 21.7 Å². The molecule has 134 valence electrons. The molecule has 5 rings (SSSR count). The van der Waals surface area contributed by atoms with E-state index in [1.807, 2.05) is 12.1 Å². The largest absolute Gasteiger partial charge is 0.497 e. The van der Waals surface area contributed by atoms with E-state index in [1.165, 1.54) is 27.3 Å². The quantitative estimate of drug-likeness (QED) is 0.471. The van der Waals surface area contributed by atoms with Gasteiger partial charge in [-0.3, -0.25) is 0 Å². The monoisotopic (exact) mass is 354 g/mol. The van der Waals surface area contributed by atoms with E-state index in [0.717, 1.165) is 42.0 Å². The summed E-state index contributed by atoms with van der Waals surface area (Å²) in [6, 6.07) is 21.3. The number of nitrogens with zero attached hydrogens (tertiary/aromatic N) is 2. The average molecular weight is 354 g/mol. The number of ether oxygens (including phenoxy) is 1. The normalized spacial score (nSPS) is 14.4. The van der Waals surface area contributed by atoms with Gasteiger partial charge in [-0.1, -0.05) is 30.3 Å². The van der Waals surface area contributed by atoms with E-state index in [1.54, 1.807) is 7.11 Å². The predicted octanol–water partition coefficient (Wildman–Crippen LogP) is 5.05. The highest BCUT2D eigenvalue weighted by molar-refractivity contribution is 6.09. The molecule has 4 aromatic rings. The molecule has 1 aliphatic rings. The van der Waals surface area contributed by atoms with Crippen LogP contribution in [0, 0.1) is 0 Å². The number of hydrogen-bond acceptors (Lipinski definition) is 3. The van der Waals surface area contributed by atoms with Crippen LogP contribution in [0.3, 0.4) is 0 Å². The van der Waals surface area contributed by atoms with Gasteiger partial charge in [0.25, 0.3) is 0 Å². The van der Waals surface area contributed by atoms with Crippen LogP contribution in [-0.2, 0) is 13.0 Å². The van der Waals surface area contributed by atoms with Gasteiger partial charge in [0.1, 0.15) is 5.75 Å². The predicted molar refractivity (Wildman–Crippen MR) is 111 cm³/mol. The first-order valence-electron chi connectivity index (χ1n) is 9.41. The van der Waals surface area contributed by atoms with Crippen molar-refractivity contribution in [3.8, 4) is 17.0 Å². The lowest BCUT2D eigenvalue weighted by Gasteiger charge is -2.28. The molecule has 2 heterocycles. The van der Waals surface area contributed by atoms with Gasteiger partial charge in [0.2, 0.25) is 0 Å². The summed E-state index contributed by atoms with van der Waals surface area (Å²) in [6.45, 7) is 2.01. The summed E-state index contributed by atoms with van der Waals surface area (Å²) in [5, 5.41) is 3.92. The van der Waals surface area contributed by atoms with Crippen LogP contribution >= 0.6 is 0 Å². The molecule has 3 aromatic carbocycles. The molecule has 0 spiro atoms. The van der Waals surface area contributed by atoms with Crippen LogP contribution in [0.2, 0.25) is 0 Å². The zero-order valence-corrected chi connectivity index (χ0v) is 15.7. The molecule has 0 amide bonds. The first kappa shape index (κ1) is 16.3.